The fraction of sp³-hybridized carbons (Fsp3) is 0.889. The van der Waals surface area contributed by atoms with Crippen molar-refractivity contribution in [1.29, 1.82) is 0 Å². The molecule has 1 unspecified atom stereocenters. The van der Waals surface area contributed by atoms with E-state index in [-0.39, 0.29) is 0 Å². The second kappa shape index (κ2) is 4.45. The SMILES string of the molecule is CCC(C)CNC(C)(C)C(=O)O. The summed E-state index contributed by atoms with van der Waals surface area (Å²) < 4.78 is 0. The molecule has 0 rings (SSSR count). The van der Waals surface area contributed by atoms with Gasteiger partial charge in [0, 0.05) is 0 Å². The van der Waals surface area contributed by atoms with Crippen molar-refractivity contribution in [2.45, 2.75) is 39.7 Å². The first kappa shape index (κ1) is 11.4. The van der Waals surface area contributed by atoms with E-state index < -0.39 is 11.5 Å². The molecule has 72 valence electrons. The summed E-state index contributed by atoms with van der Waals surface area (Å²) in [6.07, 6.45) is 1.07. The van der Waals surface area contributed by atoms with Gasteiger partial charge in [0.05, 0.1) is 0 Å². The van der Waals surface area contributed by atoms with Crippen molar-refractivity contribution in [3.63, 3.8) is 0 Å². The van der Waals surface area contributed by atoms with Gasteiger partial charge in [-0.1, -0.05) is 20.3 Å². The Hall–Kier alpha value is -0.570. The van der Waals surface area contributed by atoms with Crippen LogP contribution in [0.3, 0.4) is 0 Å². The molecule has 0 aromatic heterocycles. The van der Waals surface area contributed by atoms with E-state index in [1.54, 1.807) is 13.8 Å². The summed E-state index contributed by atoms with van der Waals surface area (Å²) in [7, 11) is 0. The number of nitrogens with one attached hydrogen (secondary N) is 1. The van der Waals surface area contributed by atoms with E-state index in [1.807, 2.05) is 0 Å². The predicted molar refractivity (Wildman–Crippen MR) is 49.2 cm³/mol. The molecule has 3 heteroatoms. The molecule has 0 radical (unpaired) electrons. The van der Waals surface area contributed by atoms with E-state index in [4.69, 9.17) is 5.11 Å². The van der Waals surface area contributed by atoms with Gasteiger partial charge >= 0.3 is 5.97 Å². The summed E-state index contributed by atoms with van der Waals surface area (Å²) >= 11 is 0. The van der Waals surface area contributed by atoms with E-state index in [0.29, 0.717) is 5.92 Å². The molecule has 0 aromatic rings. The fourth-order valence-electron chi connectivity index (χ4n) is 0.649. The zero-order valence-corrected chi connectivity index (χ0v) is 8.35. The molecular formula is C9H19NO2. The van der Waals surface area contributed by atoms with Crippen LogP contribution in [0, 0.1) is 5.92 Å². The molecular weight excluding hydrogens is 154 g/mol. The lowest BCUT2D eigenvalue weighted by Gasteiger charge is -2.22. The Kier molecular flexibility index (Phi) is 4.24. The number of aliphatic carboxylic acids is 1. The Balaban J connectivity index is 3.83. The van der Waals surface area contributed by atoms with Crippen LogP contribution in [0.4, 0.5) is 0 Å². The maximum Gasteiger partial charge on any atom is 0.323 e. The van der Waals surface area contributed by atoms with Gasteiger partial charge < -0.3 is 10.4 Å². The lowest BCUT2D eigenvalue weighted by atomic mass is 10.0. The van der Waals surface area contributed by atoms with Gasteiger partial charge in [-0.3, -0.25) is 4.79 Å². The lowest BCUT2D eigenvalue weighted by Crippen LogP contribution is -2.48. The monoisotopic (exact) mass is 173 g/mol. The minimum atomic E-state index is -0.802. The zero-order valence-electron chi connectivity index (χ0n) is 8.35. The van der Waals surface area contributed by atoms with Crippen molar-refractivity contribution in [1.82, 2.24) is 5.32 Å². The minimum absolute atomic E-state index is 0.531. The second-order valence-corrected chi connectivity index (χ2v) is 3.82. The molecule has 0 saturated carbocycles. The van der Waals surface area contributed by atoms with Crippen LogP contribution in [0.2, 0.25) is 0 Å². The van der Waals surface area contributed by atoms with Crippen molar-refractivity contribution in [2.24, 2.45) is 5.92 Å². The highest BCUT2D eigenvalue weighted by Gasteiger charge is 2.26. The summed E-state index contributed by atoms with van der Waals surface area (Å²) in [6, 6.07) is 0. The van der Waals surface area contributed by atoms with Crippen molar-refractivity contribution in [3.05, 3.63) is 0 Å². The Morgan fingerprint density at radius 3 is 2.42 bits per heavy atom. The standard InChI is InChI=1S/C9H19NO2/c1-5-7(2)6-10-9(3,4)8(11)12/h7,10H,5-6H2,1-4H3,(H,11,12). The molecule has 0 bridgehead atoms. The number of carboxylic acids is 1. The Bertz CT molecular complexity index is 155. The number of carboxylic acid groups (broad SMARTS) is 1. The molecule has 0 amide bonds. The van der Waals surface area contributed by atoms with Crippen molar-refractivity contribution >= 4 is 5.97 Å². The van der Waals surface area contributed by atoms with Crippen molar-refractivity contribution < 1.29 is 9.90 Å². The third-order valence-electron chi connectivity index (χ3n) is 2.12. The molecule has 0 saturated heterocycles. The van der Waals surface area contributed by atoms with Gasteiger partial charge in [-0.2, -0.15) is 0 Å². The lowest BCUT2D eigenvalue weighted by molar-refractivity contribution is -0.143. The number of rotatable bonds is 5. The van der Waals surface area contributed by atoms with E-state index in [0.717, 1.165) is 13.0 Å². The van der Waals surface area contributed by atoms with Gasteiger partial charge in [-0.15, -0.1) is 0 Å². The second-order valence-electron chi connectivity index (χ2n) is 3.82. The minimum Gasteiger partial charge on any atom is -0.480 e. The van der Waals surface area contributed by atoms with Crippen LogP contribution in [-0.4, -0.2) is 23.2 Å². The van der Waals surface area contributed by atoms with Gasteiger partial charge in [-0.25, -0.2) is 0 Å². The van der Waals surface area contributed by atoms with Crippen LogP contribution < -0.4 is 5.32 Å². The summed E-state index contributed by atoms with van der Waals surface area (Å²) in [4.78, 5) is 10.7. The third kappa shape index (κ3) is 3.72. The molecule has 1 atom stereocenters. The van der Waals surface area contributed by atoms with Crippen molar-refractivity contribution in [3.8, 4) is 0 Å². The van der Waals surface area contributed by atoms with E-state index >= 15 is 0 Å². The Morgan fingerprint density at radius 2 is 2.08 bits per heavy atom. The molecule has 0 aliphatic heterocycles. The van der Waals surface area contributed by atoms with Gasteiger partial charge in [0.25, 0.3) is 0 Å². The normalized spacial score (nSPS) is 14.3. The highest BCUT2D eigenvalue weighted by molar-refractivity contribution is 5.77. The van der Waals surface area contributed by atoms with Gasteiger partial charge in [0.2, 0.25) is 0 Å². The summed E-state index contributed by atoms with van der Waals surface area (Å²) in [6.45, 7) is 8.32. The van der Waals surface area contributed by atoms with Gasteiger partial charge in [-0.05, 0) is 26.3 Å². The molecule has 0 aliphatic carbocycles. The van der Waals surface area contributed by atoms with E-state index in [1.165, 1.54) is 0 Å². The molecule has 0 aliphatic rings. The van der Waals surface area contributed by atoms with Crippen LogP contribution in [0.1, 0.15) is 34.1 Å². The number of carbonyl (C=O) groups is 1. The Labute approximate surface area is 74.2 Å². The summed E-state index contributed by atoms with van der Waals surface area (Å²) in [5, 5.41) is 11.8. The highest BCUT2D eigenvalue weighted by atomic mass is 16.4. The van der Waals surface area contributed by atoms with Crippen LogP contribution >= 0.6 is 0 Å². The first-order chi connectivity index (χ1) is 5.40. The first-order valence-corrected chi connectivity index (χ1v) is 4.38. The van der Waals surface area contributed by atoms with Crippen LogP contribution in [0.5, 0.6) is 0 Å². The smallest absolute Gasteiger partial charge is 0.323 e. The topological polar surface area (TPSA) is 49.3 Å². The van der Waals surface area contributed by atoms with Crippen LogP contribution in [0.15, 0.2) is 0 Å². The molecule has 0 heterocycles. The van der Waals surface area contributed by atoms with E-state index in [9.17, 15) is 4.79 Å². The summed E-state index contributed by atoms with van der Waals surface area (Å²) in [5.74, 6) is -0.269. The van der Waals surface area contributed by atoms with Gasteiger partial charge in [0.15, 0.2) is 0 Å². The molecule has 3 nitrogen and oxygen atoms in total. The molecule has 2 N–H and O–H groups in total. The predicted octanol–water partition coefficient (Wildman–Crippen LogP) is 1.49. The fourth-order valence-corrected chi connectivity index (χ4v) is 0.649. The molecule has 12 heavy (non-hydrogen) atoms. The number of hydrogen-bond donors (Lipinski definition) is 2. The van der Waals surface area contributed by atoms with Crippen LogP contribution in [-0.2, 0) is 4.79 Å². The quantitative estimate of drug-likeness (QED) is 0.662. The van der Waals surface area contributed by atoms with Crippen molar-refractivity contribution in [2.75, 3.05) is 6.54 Å². The first-order valence-electron chi connectivity index (χ1n) is 4.38. The maximum absolute atomic E-state index is 10.7. The molecule has 0 fully saturated rings. The molecule has 0 spiro atoms. The third-order valence-corrected chi connectivity index (χ3v) is 2.12. The average molecular weight is 173 g/mol. The Morgan fingerprint density at radius 1 is 1.58 bits per heavy atom. The molecule has 0 aromatic carbocycles. The summed E-state index contributed by atoms with van der Waals surface area (Å²) in [5.41, 5.74) is -0.802. The zero-order chi connectivity index (χ0) is 9.78. The largest absolute Gasteiger partial charge is 0.480 e. The average Bonchev–Trinajstić information content (AvgIpc) is 2.00. The van der Waals surface area contributed by atoms with Crippen LogP contribution in [0.25, 0.3) is 0 Å². The van der Waals surface area contributed by atoms with Gasteiger partial charge in [0.1, 0.15) is 5.54 Å². The van der Waals surface area contributed by atoms with E-state index in [2.05, 4.69) is 19.2 Å². The number of hydrogen-bond acceptors (Lipinski definition) is 2. The maximum atomic E-state index is 10.7. The highest BCUT2D eigenvalue weighted by Crippen LogP contribution is 2.05.